The van der Waals surface area contributed by atoms with Crippen molar-refractivity contribution in [1.29, 1.82) is 0 Å². The van der Waals surface area contributed by atoms with Gasteiger partial charge in [0.25, 0.3) is 5.91 Å². The van der Waals surface area contributed by atoms with Crippen LogP contribution in [0.25, 0.3) is 6.08 Å². The van der Waals surface area contributed by atoms with Crippen LogP contribution in [-0.4, -0.2) is 22.2 Å². The van der Waals surface area contributed by atoms with Gasteiger partial charge in [-0.2, -0.15) is 0 Å². The molecule has 0 bridgehead atoms. The summed E-state index contributed by atoms with van der Waals surface area (Å²) in [4.78, 5) is 23.9. The number of β-lactam (4-membered cyclic amide) rings is 1. The van der Waals surface area contributed by atoms with Gasteiger partial charge in [-0.3, -0.25) is 9.69 Å². The van der Waals surface area contributed by atoms with Crippen LogP contribution in [0.2, 0.25) is 0 Å². The van der Waals surface area contributed by atoms with E-state index in [1.165, 1.54) is 22.1 Å². The molecule has 0 aromatic heterocycles. The van der Waals surface area contributed by atoms with Gasteiger partial charge in [-0.15, -0.1) is 11.8 Å². The Morgan fingerprint density at radius 1 is 1.32 bits per heavy atom. The van der Waals surface area contributed by atoms with Gasteiger partial charge in [0.1, 0.15) is 5.37 Å². The summed E-state index contributed by atoms with van der Waals surface area (Å²) in [6, 6.07) is 9.47. The van der Waals surface area contributed by atoms with Crippen LogP contribution in [-0.2, 0) is 9.59 Å². The summed E-state index contributed by atoms with van der Waals surface area (Å²) in [6.45, 7) is 0. The van der Waals surface area contributed by atoms with Gasteiger partial charge in [0.15, 0.2) is 0 Å². The zero-order valence-electron chi connectivity index (χ0n) is 10.2. The van der Waals surface area contributed by atoms with Crippen molar-refractivity contribution in [2.24, 2.45) is 0 Å². The molecule has 3 rings (SSSR count). The van der Waals surface area contributed by atoms with E-state index in [4.69, 9.17) is 0 Å². The molecule has 0 radical (unpaired) electrons. The van der Waals surface area contributed by atoms with E-state index < -0.39 is 5.97 Å². The molecular formula is C13H8NNaO3S. The number of carbonyl (C=O) groups excluding carboxylic acids is 2. The summed E-state index contributed by atoms with van der Waals surface area (Å²) < 4.78 is 0. The fraction of sp³-hybridized carbons (Fsp3) is 0.0769. The summed E-state index contributed by atoms with van der Waals surface area (Å²) in [5.74, 6) is -1.57. The second-order valence-corrected chi connectivity index (χ2v) is 4.92. The summed E-state index contributed by atoms with van der Waals surface area (Å²) in [7, 11) is 0. The molecule has 1 fully saturated rings. The monoisotopic (exact) mass is 281 g/mol. The van der Waals surface area contributed by atoms with Crippen molar-refractivity contribution < 1.29 is 44.3 Å². The summed E-state index contributed by atoms with van der Waals surface area (Å²) >= 11 is 1.31. The molecule has 0 saturated carbocycles. The minimum Gasteiger partial charge on any atom is -0.543 e. The number of thioether (sulfide) groups is 1. The standard InChI is InChI=1S/C13H9NO3S.Na/c15-11-9(6-8-4-2-1-3-5-8)12-14(11)10(7-18-12)13(16)17;/h1-7,12H,(H,16,17);/q;+1/p-1/b9-6+;/t12-;/m1./s1. The molecule has 1 saturated heterocycles. The largest absolute Gasteiger partial charge is 1.00 e. The molecule has 6 heteroatoms. The molecule has 0 spiro atoms. The van der Waals surface area contributed by atoms with Gasteiger partial charge in [0.05, 0.1) is 17.2 Å². The molecule has 2 aliphatic heterocycles. The van der Waals surface area contributed by atoms with Crippen LogP contribution in [0.4, 0.5) is 0 Å². The number of nitrogens with zero attached hydrogens (tertiary/aromatic N) is 1. The van der Waals surface area contributed by atoms with E-state index >= 15 is 0 Å². The second-order valence-electron chi connectivity index (χ2n) is 3.96. The molecule has 0 aliphatic carbocycles. The summed E-state index contributed by atoms with van der Waals surface area (Å²) in [5, 5.41) is 12.0. The topological polar surface area (TPSA) is 60.4 Å². The van der Waals surface area contributed by atoms with Crippen molar-refractivity contribution in [2.75, 3.05) is 0 Å². The van der Waals surface area contributed by atoms with Crippen molar-refractivity contribution in [3.63, 3.8) is 0 Å². The predicted molar refractivity (Wildman–Crippen MR) is 65.7 cm³/mol. The van der Waals surface area contributed by atoms with Crippen molar-refractivity contribution in [3.05, 3.63) is 52.6 Å². The van der Waals surface area contributed by atoms with Gasteiger partial charge < -0.3 is 9.90 Å². The Hall–Kier alpha value is -1.01. The fourth-order valence-electron chi connectivity index (χ4n) is 1.99. The molecule has 1 atom stereocenters. The third-order valence-electron chi connectivity index (χ3n) is 2.87. The van der Waals surface area contributed by atoms with Crippen molar-refractivity contribution in [2.45, 2.75) is 5.37 Å². The van der Waals surface area contributed by atoms with Gasteiger partial charge in [-0.1, -0.05) is 30.3 Å². The van der Waals surface area contributed by atoms with E-state index in [2.05, 4.69) is 0 Å². The van der Waals surface area contributed by atoms with E-state index in [0.717, 1.165) is 5.56 Å². The van der Waals surface area contributed by atoms with E-state index in [1.54, 1.807) is 6.08 Å². The van der Waals surface area contributed by atoms with Crippen LogP contribution in [0.1, 0.15) is 5.56 Å². The number of carbonyl (C=O) groups is 2. The van der Waals surface area contributed by atoms with E-state index in [9.17, 15) is 14.7 Å². The van der Waals surface area contributed by atoms with Crippen LogP contribution in [0.15, 0.2) is 47.0 Å². The Bertz CT molecular complexity index is 597. The number of benzene rings is 1. The maximum atomic E-state index is 11.9. The van der Waals surface area contributed by atoms with E-state index in [0.29, 0.717) is 5.57 Å². The zero-order valence-corrected chi connectivity index (χ0v) is 13.0. The summed E-state index contributed by atoms with van der Waals surface area (Å²) in [6.07, 6.45) is 1.79. The maximum Gasteiger partial charge on any atom is 1.00 e. The number of hydrogen-bond acceptors (Lipinski definition) is 4. The van der Waals surface area contributed by atoms with Crippen molar-refractivity contribution >= 4 is 29.7 Å². The third kappa shape index (κ3) is 2.39. The Balaban J connectivity index is 0.00000133. The normalized spacial score (nSPS) is 22.4. The van der Waals surface area contributed by atoms with Crippen molar-refractivity contribution in [1.82, 2.24) is 4.90 Å². The molecule has 0 N–H and O–H groups in total. The average molecular weight is 281 g/mol. The molecule has 90 valence electrons. The number of fused-ring (bicyclic) bond motifs is 1. The average Bonchev–Trinajstić information content (AvgIpc) is 2.77. The Morgan fingerprint density at radius 2 is 2.00 bits per heavy atom. The van der Waals surface area contributed by atoms with Crippen LogP contribution in [0.5, 0.6) is 0 Å². The van der Waals surface area contributed by atoms with Gasteiger partial charge in [-0.25, -0.2) is 0 Å². The quantitative estimate of drug-likeness (QED) is 0.344. The van der Waals surface area contributed by atoms with E-state index in [1.807, 2.05) is 30.3 Å². The minimum absolute atomic E-state index is 0. The summed E-state index contributed by atoms with van der Waals surface area (Å²) in [5.41, 5.74) is 1.52. The minimum atomic E-state index is -1.31. The molecule has 0 unspecified atom stereocenters. The number of hydrogen-bond donors (Lipinski definition) is 0. The van der Waals surface area contributed by atoms with Crippen LogP contribution in [0.3, 0.4) is 0 Å². The fourth-order valence-corrected chi connectivity index (χ4v) is 3.10. The predicted octanol–water partition coefficient (Wildman–Crippen LogP) is -2.42. The Morgan fingerprint density at radius 3 is 2.63 bits per heavy atom. The molecule has 19 heavy (non-hydrogen) atoms. The molecule has 1 aromatic rings. The van der Waals surface area contributed by atoms with Gasteiger partial charge >= 0.3 is 29.6 Å². The Labute approximate surface area is 136 Å². The molecule has 1 amide bonds. The first-order valence-electron chi connectivity index (χ1n) is 5.35. The van der Waals surface area contributed by atoms with Crippen LogP contribution < -0.4 is 34.7 Å². The number of aliphatic carboxylic acids is 1. The van der Waals surface area contributed by atoms with Crippen molar-refractivity contribution in [3.8, 4) is 0 Å². The maximum absolute atomic E-state index is 11.9. The zero-order chi connectivity index (χ0) is 12.7. The first-order chi connectivity index (χ1) is 8.68. The second kappa shape index (κ2) is 5.54. The Kier molecular flexibility index (Phi) is 4.20. The molecule has 1 aromatic carbocycles. The SMILES string of the molecule is O=C([O-])C1=CS[C@@H]2/C(=C/c3ccccc3)C(=O)N12.[Na+]. The number of amides is 1. The third-order valence-corrected chi connectivity index (χ3v) is 3.95. The molecular weight excluding hydrogens is 273 g/mol. The first-order valence-corrected chi connectivity index (χ1v) is 6.30. The van der Waals surface area contributed by atoms with Crippen LogP contribution >= 0.6 is 11.8 Å². The number of rotatable bonds is 2. The van der Waals surface area contributed by atoms with E-state index in [-0.39, 0.29) is 46.5 Å². The van der Waals surface area contributed by atoms with Gasteiger partial charge in [-0.05, 0) is 17.0 Å². The first kappa shape index (κ1) is 14.4. The van der Waals surface area contributed by atoms with Crippen LogP contribution in [0, 0.1) is 0 Å². The van der Waals surface area contributed by atoms with Gasteiger partial charge in [0.2, 0.25) is 0 Å². The smallest absolute Gasteiger partial charge is 0.543 e. The molecule has 2 heterocycles. The molecule has 4 nitrogen and oxygen atoms in total. The number of carboxylic acid groups (broad SMARTS) is 1. The molecule has 2 aliphatic rings. The van der Waals surface area contributed by atoms with Gasteiger partial charge in [0, 0.05) is 0 Å². The number of carboxylic acids is 1.